The molecule has 3 aromatic rings. The van der Waals surface area contributed by atoms with Crippen LogP contribution in [-0.2, 0) is 0 Å². The molecule has 3 nitrogen and oxygen atoms in total. The Morgan fingerprint density at radius 3 is 2.12 bits per heavy atom. The number of aryl methyl sites for hydroxylation is 2. The lowest BCUT2D eigenvalue weighted by Gasteiger charge is -2.13. The van der Waals surface area contributed by atoms with Gasteiger partial charge in [0.2, 0.25) is 0 Å². The first kappa shape index (κ1) is 15.8. The first-order chi connectivity index (χ1) is 11.5. The molecule has 0 unspecified atom stereocenters. The van der Waals surface area contributed by atoms with Gasteiger partial charge in [-0.2, -0.15) is 0 Å². The van der Waals surface area contributed by atoms with Gasteiger partial charge in [0.1, 0.15) is 0 Å². The Morgan fingerprint density at radius 2 is 1.50 bits per heavy atom. The predicted molar refractivity (Wildman–Crippen MR) is 100 cm³/mol. The van der Waals surface area contributed by atoms with Crippen molar-refractivity contribution in [1.82, 2.24) is 0 Å². The summed E-state index contributed by atoms with van der Waals surface area (Å²) in [6.45, 7) is 3.93. The van der Waals surface area contributed by atoms with Gasteiger partial charge in [-0.1, -0.05) is 48.5 Å². The molecule has 1 amide bonds. The summed E-state index contributed by atoms with van der Waals surface area (Å²) >= 11 is 0. The number of rotatable bonds is 3. The summed E-state index contributed by atoms with van der Waals surface area (Å²) in [6, 6.07) is 21.5. The standard InChI is InChI=1S/C21H20N2O/c1-14-12-15(2)20(19(22)13-14)23-21(24)18-10-8-17(9-11-18)16-6-4-3-5-7-16/h3-13H,22H2,1-2H3,(H,23,24). The molecular weight excluding hydrogens is 296 g/mol. The van der Waals surface area contributed by atoms with E-state index in [0.717, 1.165) is 22.3 Å². The normalized spacial score (nSPS) is 10.4. The Morgan fingerprint density at radius 1 is 0.875 bits per heavy atom. The van der Waals surface area contributed by atoms with Crippen LogP contribution in [0.4, 0.5) is 11.4 Å². The third-order valence-electron chi connectivity index (χ3n) is 4.00. The van der Waals surface area contributed by atoms with E-state index in [1.165, 1.54) is 0 Å². The summed E-state index contributed by atoms with van der Waals surface area (Å²) in [4.78, 5) is 12.5. The molecule has 24 heavy (non-hydrogen) atoms. The molecule has 0 saturated carbocycles. The molecule has 3 rings (SSSR count). The van der Waals surface area contributed by atoms with E-state index in [1.54, 1.807) is 0 Å². The number of hydrogen-bond acceptors (Lipinski definition) is 2. The highest BCUT2D eigenvalue weighted by Gasteiger charge is 2.11. The number of amides is 1. The second-order valence-corrected chi connectivity index (χ2v) is 5.94. The molecule has 0 aliphatic heterocycles. The van der Waals surface area contributed by atoms with Crippen molar-refractivity contribution in [3.63, 3.8) is 0 Å². The van der Waals surface area contributed by atoms with Crippen molar-refractivity contribution in [2.24, 2.45) is 0 Å². The van der Waals surface area contributed by atoms with E-state index in [-0.39, 0.29) is 5.91 Å². The van der Waals surface area contributed by atoms with Crippen LogP contribution in [0.5, 0.6) is 0 Å². The molecule has 3 aromatic carbocycles. The second-order valence-electron chi connectivity index (χ2n) is 5.94. The SMILES string of the molecule is Cc1cc(C)c(NC(=O)c2ccc(-c3ccccc3)cc2)c(N)c1. The lowest BCUT2D eigenvalue weighted by Crippen LogP contribution is -2.14. The van der Waals surface area contributed by atoms with Gasteiger partial charge in [-0.25, -0.2) is 0 Å². The van der Waals surface area contributed by atoms with Crippen molar-refractivity contribution in [3.05, 3.63) is 83.4 Å². The number of hydrogen-bond donors (Lipinski definition) is 2. The van der Waals surface area contributed by atoms with Gasteiger partial charge >= 0.3 is 0 Å². The maximum atomic E-state index is 12.5. The smallest absolute Gasteiger partial charge is 0.255 e. The molecule has 0 spiro atoms. The molecule has 0 atom stereocenters. The van der Waals surface area contributed by atoms with Gasteiger partial charge in [-0.15, -0.1) is 0 Å². The Bertz CT molecular complexity index is 845. The molecule has 3 heteroatoms. The van der Waals surface area contributed by atoms with E-state index in [1.807, 2.05) is 80.6 Å². The number of anilines is 2. The van der Waals surface area contributed by atoms with Crippen LogP contribution in [0.1, 0.15) is 21.5 Å². The zero-order valence-electron chi connectivity index (χ0n) is 13.8. The number of nitrogen functional groups attached to an aromatic ring is 1. The van der Waals surface area contributed by atoms with Gasteiger partial charge in [-0.3, -0.25) is 4.79 Å². The number of carbonyl (C=O) groups is 1. The minimum atomic E-state index is -0.159. The van der Waals surface area contributed by atoms with Gasteiger partial charge in [0, 0.05) is 5.56 Å². The van der Waals surface area contributed by atoms with Gasteiger partial charge in [-0.05, 0) is 54.3 Å². The molecule has 0 aliphatic rings. The topological polar surface area (TPSA) is 55.1 Å². The van der Waals surface area contributed by atoms with Crippen molar-refractivity contribution in [3.8, 4) is 11.1 Å². The minimum Gasteiger partial charge on any atom is -0.397 e. The number of nitrogens with two attached hydrogens (primary N) is 1. The summed E-state index contributed by atoms with van der Waals surface area (Å²) in [7, 11) is 0. The fourth-order valence-corrected chi connectivity index (χ4v) is 2.80. The van der Waals surface area contributed by atoms with Crippen molar-refractivity contribution in [1.29, 1.82) is 0 Å². The second kappa shape index (κ2) is 6.59. The van der Waals surface area contributed by atoms with Gasteiger partial charge in [0.05, 0.1) is 11.4 Å². The highest BCUT2D eigenvalue weighted by Crippen LogP contribution is 2.26. The average molecular weight is 316 g/mol. The summed E-state index contributed by atoms with van der Waals surface area (Å²) in [5, 5.41) is 2.92. The Hall–Kier alpha value is -3.07. The van der Waals surface area contributed by atoms with Crippen LogP contribution in [0.15, 0.2) is 66.7 Å². The van der Waals surface area contributed by atoms with E-state index < -0.39 is 0 Å². The maximum absolute atomic E-state index is 12.5. The van der Waals surface area contributed by atoms with E-state index in [2.05, 4.69) is 5.32 Å². The Labute approximate surface area is 142 Å². The summed E-state index contributed by atoms with van der Waals surface area (Å²) < 4.78 is 0. The zero-order chi connectivity index (χ0) is 17.1. The highest BCUT2D eigenvalue weighted by molar-refractivity contribution is 6.06. The van der Waals surface area contributed by atoms with Crippen LogP contribution in [-0.4, -0.2) is 5.91 Å². The monoisotopic (exact) mass is 316 g/mol. The minimum absolute atomic E-state index is 0.159. The lowest BCUT2D eigenvalue weighted by atomic mass is 10.0. The van der Waals surface area contributed by atoms with Crippen LogP contribution >= 0.6 is 0 Å². The predicted octanol–water partition coefficient (Wildman–Crippen LogP) is 4.80. The summed E-state index contributed by atoms with van der Waals surface area (Å²) in [5.74, 6) is -0.159. The van der Waals surface area contributed by atoms with Crippen LogP contribution in [0, 0.1) is 13.8 Å². The number of nitrogens with one attached hydrogen (secondary N) is 1. The first-order valence-corrected chi connectivity index (χ1v) is 7.88. The first-order valence-electron chi connectivity index (χ1n) is 7.88. The molecule has 0 radical (unpaired) electrons. The van der Waals surface area contributed by atoms with Crippen molar-refractivity contribution >= 4 is 17.3 Å². The van der Waals surface area contributed by atoms with Gasteiger partial charge < -0.3 is 11.1 Å². The quantitative estimate of drug-likeness (QED) is 0.682. The van der Waals surface area contributed by atoms with Gasteiger partial charge in [0.15, 0.2) is 0 Å². The Kier molecular flexibility index (Phi) is 4.34. The molecule has 120 valence electrons. The van der Waals surface area contributed by atoms with Crippen LogP contribution in [0.25, 0.3) is 11.1 Å². The van der Waals surface area contributed by atoms with Crippen molar-refractivity contribution in [2.75, 3.05) is 11.1 Å². The maximum Gasteiger partial charge on any atom is 0.255 e. The fraction of sp³-hybridized carbons (Fsp3) is 0.0952. The van der Waals surface area contributed by atoms with Gasteiger partial charge in [0.25, 0.3) is 5.91 Å². The largest absolute Gasteiger partial charge is 0.397 e. The Balaban J connectivity index is 1.81. The van der Waals surface area contributed by atoms with E-state index in [9.17, 15) is 4.79 Å². The molecule has 0 saturated heterocycles. The van der Waals surface area contributed by atoms with Crippen LogP contribution in [0.2, 0.25) is 0 Å². The van der Waals surface area contributed by atoms with Crippen molar-refractivity contribution < 1.29 is 4.79 Å². The zero-order valence-corrected chi connectivity index (χ0v) is 13.8. The lowest BCUT2D eigenvalue weighted by molar-refractivity contribution is 0.102. The van der Waals surface area contributed by atoms with E-state index in [4.69, 9.17) is 5.73 Å². The molecule has 0 bridgehead atoms. The van der Waals surface area contributed by atoms with E-state index in [0.29, 0.717) is 16.9 Å². The number of carbonyl (C=O) groups excluding carboxylic acids is 1. The van der Waals surface area contributed by atoms with Crippen LogP contribution < -0.4 is 11.1 Å². The van der Waals surface area contributed by atoms with E-state index >= 15 is 0 Å². The molecule has 0 aromatic heterocycles. The van der Waals surface area contributed by atoms with Crippen LogP contribution in [0.3, 0.4) is 0 Å². The highest BCUT2D eigenvalue weighted by atomic mass is 16.1. The third-order valence-corrected chi connectivity index (χ3v) is 4.00. The summed E-state index contributed by atoms with van der Waals surface area (Å²) in [6.07, 6.45) is 0. The molecular formula is C21H20N2O. The summed E-state index contributed by atoms with van der Waals surface area (Å²) in [5.41, 5.74) is 12.2. The molecule has 0 heterocycles. The third kappa shape index (κ3) is 3.30. The molecule has 0 fully saturated rings. The average Bonchev–Trinajstić information content (AvgIpc) is 2.59. The molecule has 0 aliphatic carbocycles. The fourth-order valence-electron chi connectivity index (χ4n) is 2.80. The van der Waals surface area contributed by atoms with Crippen molar-refractivity contribution in [2.45, 2.75) is 13.8 Å². The molecule has 3 N–H and O–H groups in total. The number of benzene rings is 3.